The Morgan fingerprint density at radius 2 is 2.17 bits per heavy atom. The van der Waals surface area contributed by atoms with Crippen molar-refractivity contribution in [2.24, 2.45) is 5.92 Å². The van der Waals surface area contributed by atoms with Crippen LogP contribution in [-0.2, 0) is 4.79 Å². The highest BCUT2D eigenvalue weighted by Gasteiger charge is 2.31. The zero-order valence-electron chi connectivity index (χ0n) is 10.0. The van der Waals surface area contributed by atoms with Gasteiger partial charge in [0.15, 0.2) is 0 Å². The lowest BCUT2D eigenvalue weighted by Crippen LogP contribution is -2.29. The number of carboxylic acids is 1. The third-order valence-corrected chi connectivity index (χ3v) is 3.65. The largest absolute Gasteiger partial charge is 0.481 e. The van der Waals surface area contributed by atoms with Crippen molar-refractivity contribution in [1.82, 2.24) is 4.90 Å². The molecule has 1 aliphatic rings. The van der Waals surface area contributed by atoms with Crippen molar-refractivity contribution in [3.8, 4) is 0 Å². The molecule has 1 aromatic rings. The number of halogens is 1. The van der Waals surface area contributed by atoms with E-state index in [0.29, 0.717) is 23.6 Å². The van der Waals surface area contributed by atoms with Crippen molar-refractivity contribution in [3.63, 3.8) is 0 Å². The highest BCUT2D eigenvalue weighted by atomic mass is 35.5. The van der Waals surface area contributed by atoms with Gasteiger partial charge in [-0.15, -0.1) is 0 Å². The number of aliphatic carboxylic acids is 1. The summed E-state index contributed by atoms with van der Waals surface area (Å²) in [6.45, 7) is 2.62. The van der Waals surface area contributed by atoms with E-state index in [4.69, 9.17) is 16.7 Å². The third kappa shape index (κ3) is 2.48. The van der Waals surface area contributed by atoms with Gasteiger partial charge in [0.2, 0.25) is 0 Å². The van der Waals surface area contributed by atoms with E-state index in [1.807, 2.05) is 6.92 Å². The molecule has 0 bridgehead atoms. The number of likely N-dealkylation sites (tertiary alicyclic amines) is 1. The van der Waals surface area contributed by atoms with E-state index in [1.165, 1.54) is 0 Å². The van der Waals surface area contributed by atoms with Gasteiger partial charge in [0.1, 0.15) is 0 Å². The number of hydrogen-bond donors (Lipinski definition) is 1. The minimum atomic E-state index is -0.836. The Morgan fingerprint density at radius 1 is 1.44 bits per heavy atom. The molecule has 1 fully saturated rings. The molecule has 18 heavy (non-hydrogen) atoms. The number of nitrogens with zero attached hydrogens (tertiary/aromatic N) is 1. The molecule has 0 aliphatic carbocycles. The summed E-state index contributed by atoms with van der Waals surface area (Å²) in [6, 6.07) is 5.10. The molecule has 1 N–H and O–H groups in total. The van der Waals surface area contributed by atoms with E-state index in [-0.39, 0.29) is 12.5 Å². The molecule has 0 unspecified atom stereocenters. The zero-order valence-corrected chi connectivity index (χ0v) is 10.8. The number of rotatable bonds is 2. The molecule has 1 amide bonds. The van der Waals surface area contributed by atoms with Gasteiger partial charge in [-0.25, -0.2) is 0 Å². The molecule has 5 heteroatoms. The maximum atomic E-state index is 12.2. The van der Waals surface area contributed by atoms with E-state index in [0.717, 1.165) is 5.56 Å². The smallest absolute Gasteiger partial charge is 0.308 e. The molecule has 0 saturated carbocycles. The molecular weight excluding hydrogens is 254 g/mol. The first kappa shape index (κ1) is 12.9. The molecule has 0 radical (unpaired) electrons. The van der Waals surface area contributed by atoms with Crippen molar-refractivity contribution in [2.45, 2.75) is 13.3 Å². The first-order chi connectivity index (χ1) is 8.49. The number of carbonyl (C=O) groups excluding carboxylic acids is 1. The minimum absolute atomic E-state index is 0.126. The van der Waals surface area contributed by atoms with Gasteiger partial charge in [0.05, 0.1) is 5.92 Å². The van der Waals surface area contributed by atoms with Crippen LogP contribution in [0.25, 0.3) is 0 Å². The molecule has 2 rings (SSSR count). The topological polar surface area (TPSA) is 57.6 Å². The van der Waals surface area contributed by atoms with Crippen molar-refractivity contribution in [1.29, 1.82) is 0 Å². The van der Waals surface area contributed by atoms with Crippen molar-refractivity contribution in [2.75, 3.05) is 13.1 Å². The molecule has 1 aliphatic heterocycles. The number of carboxylic acid groups (broad SMARTS) is 1. The maximum absolute atomic E-state index is 12.2. The highest BCUT2D eigenvalue weighted by Crippen LogP contribution is 2.21. The quantitative estimate of drug-likeness (QED) is 0.894. The van der Waals surface area contributed by atoms with Crippen LogP contribution in [0.3, 0.4) is 0 Å². The lowest BCUT2D eigenvalue weighted by molar-refractivity contribution is -0.141. The molecule has 1 saturated heterocycles. The van der Waals surface area contributed by atoms with Gasteiger partial charge in [-0.1, -0.05) is 11.6 Å². The molecule has 1 heterocycles. The number of aryl methyl sites for hydroxylation is 1. The lowest BCUT2D eigenvalue weighted by atomic mass is 10.1. The number of benzene rings is 1. The van der Waals surface area contributed by atoms with Gasteiger partial charge in [0.25, 0.3) is 5.91 Å². The van der Waals surface area contributed by atoms with Crippen LogP contribution < -0.4 is 0 Å². The molecule has 96 valence electrons. The van der Waals surface area contributed by atoms with Crippen LogP contribution in [-0.4, -0.2) is 35.0 Å². The number of amides is 1. The summed E-state index contributed by atoms with van der Waals surface area (Å²) in [4.78, 5) is 24.6. The van der Waals surface area contributed by atoms with Crippen LogP contribution >= 0.6 is 11.6 Å². The fraction of sp³-hybridized carbons (Fsp3) is 0.385. The van der Waals surface area contributed by atoms with Crippen LogP contribution in [0.15, 0.2) is 18.2 Å². The van der Waals surface area contributed by atoms with Crippen LogP contribution in [0.4, 0.5) is 0 Å². The number of carbonyl (C=O) groups is 2. The summed E-state index contributed by atoms with van der Waals surface area (Å²) >= 11 is 5.91. The van der Waals surface area contributed by atoms with Crippen LogP contribution in [0.1, 0.15) is 22.3 Å². The monoisotopic (exact) mass is 267 g/mol. The zero-order chi connectivity index (χ0) is 13.3. The van der Waals surface area contributed by atoms with Gasteiger partial charge < -0.3 is 10.0 Å². The maximum Gasteiger partial charge on any atom is 0.308 e. The van der Waals surface area contributed by atoms with E-state index in [9.17, 15) is 9.59 Å². The van der Waals surface area contributed by atoms with E-state index < -0.39 is 11.9 Å². The first-order valence-corrected chi connectivity index (χ1v) is 6.15. The van der Waals surface area contributed by atoms with E-state index in [1.54, 1.807) is 23.1 Å². The van der Waals surface area contributed by atoms with Gasteiger partial charge in [0, 0.05) is 23.7 Å². The van der Waals surface area contributed by atoms with E-state index in [2.05, 4.69) is 0 Å². The normalized spacial score (nSPS) is 19.0. The summed E-state index contributed by atoms with van der Waals surface area (Å²) < 4.78 is 0. The fourth-order valence-corrected chi connectivity index (χ4v) is 2.22. The number of hydrogen-bond acceptors (Lipinski definition) is 2. The fourth-order valence-electron chi connectivity index (χ4n) is 2.11. The summed E-state index contributed by atoms with van der Waals surface area (Å²) in [5, 5.41) is 9.53. The minimum Gasteiger partial charge on any atom is -0.481 e. The molecule has 0 spiro atoms. The van der Waals surface area contributed by atoms with Crippen molar-refractivity contribution < 1.29 is 14.7 Å². The van der Waals surface area contributed by atoms with Crippen LogP contribution in [0.5, 0.6) is 0 Å². The lowest BCUT2D eigenvalue weighted by Gasteiger charge is -2.16. The third-order valence-electron chi connectivity index (χ3n) is 3.23. The average molecular weight is 268 g/mol. The summed E-state index contributed by atoms with van der Waals surface area (Å²) in [7, 11) is 0. The predicted molar refractivity (Wildman–Crippen MR) is 67.8 cm³/mol. The average Bonchev–Trinajstić information content (AvgIpc) is 2.81. The Bertz CT molecular complexity index is 501. The van der Waals surface area contributed by atoms with E-state index >= 15 is 0 Å². The second-order valence-electron chi connectivity index (χ2n) is 4.54. The summed E-state index contributed by atoms with van der Waals surface area (Å²) in [6.07, 6.45) is 0.521. The SMILES string of the molecule is Cc1cc(C(=O)N2CC[C@@H](C(=O)O)C2)ccc1Cl. The highest BCUT2D eigenvalue weighted by molar-refractivity contribution is 6.31. The second-order valence-corrected chi connectivity index (χ2v) is 4.95. The van der Waals surface area contributed by atoms with Gasteiger partial charge in [-0.3, -0.25) is 9.59 Å². The Kier molecular flexibility index (Phi) is 3.57. The molecule has 4 nitrogen and oxygen atoms in total. The van der Waals surface area contributed by atoms with Crippen molar-refractivity contribution in [3.05, 3.63) is 34.3 Å². The second kappa shape index (κ2) is 4.98. The van der Waals surface area contributed by atoms with Crippen LogP contribution in [0, 0.1) is 12.8 Å². The van der Waals surface area contributed by atoms with Gasteiger partial charge in [-0.2, -0.15) is 0 Å². The Morgan fingerprint density at radius 3 is 2.72 bits per heavy atom. The van der Waals surface area contributed by atoms with Gasteiger partial charge in [-0.05, 0) is 37.1 Å². The Hall–Kier alpha value is -1.55. The van der Waals surface area contributed by atoms with Gasteiger partial charge >= 0.3 is 5.97 Å². The Labute approximate surface area is 110 Å². The molecule has 1 aromatic carbocycles. The Balaban J connectivity index is 2.12. The summed E-state index contributed by atoms with van der Waals surface area (Å²) in [5.41, 5.74) is 1.40. The van der Waals surface area contributed by atoms with Crippen LogP contribution in [0.2, 0.25) is 5.02 Å². The summed E-state index contributed by atoms with van der Waals surface area (Å²) in [5.74, 6) is -1.40. The standard InChI is InChI=1S/C13H14ClNO3/c1-8-6-9(2-3-11(8)14)12(16)15-5-4-10(7-15)13(17)18/h2-3,6,10H,4-5,7H2,1H3,(H,17,18)/t10-/m1/s1. The first-order valence-electron chi connectivity index (χ1n) is 5.77. The molecule has 0 aromatic heterocycles. The predicted octanol–water partition coefficient (Wildman–Crippen LogP) is 2.20. The van der Waals surface area contributed by atoms with Crippen molar-refractivity contribution >= 4 is 23.5 Å². The molecular formula is C13H14ClNO3. The molecule has 1 atom stereocenters.